The van der Waals surface area contributed by atoms with E-state index in [1.165, 1.54) is 0 Å². The van der Waals surface area contributed by atoms with Gasteiger partial charge in [-0.3, -0.25) is 5.41 Å². The van der Waals surface area contributed by atoms with Crippen molar-refractivity contribution in [2.24, 2.45) is 0 Å². The maximum Gasteiger partial charge on any atom is 0.224 e. The lowest BCUT2D eigenvalue weighted by Gasteiger charge is -2.16. The summed E-state index contributed by atoms with van der Waals surface area (Å²) in [7, 11) is -0.319. The number of fused-ring (bicyclic) bond motifs is 1. The average Bonchev–Trinajstić information content (AvgIpc) is 2.77. The number of nitrogens with zero attached hydrogens (tertiary/aromatic N) is 1. The Kier molecular flexibility index (Phi) is 6.74. The summed E-state index contributed by atoms with van der Waals surface area (Å²) in [6.07, 6.45) is 0. The number of sulfone groups is 1. The minimum atomic E-state index is -4.03. The van der Waals surface area contributed by atoms with Crippen molar-refractivity contribution in [1.82, 2.24) is 4.90 Å². The molecule has 6 nitrogen and oxygen atoms in total. The van der Waals surface area contributed by atoms with E-state index >= 15 is 0 Å². The molecule has 0 spiro atoms. The molecule has 0 heterocycles. The molecule has 0 aromatic heterocycles. The topological polar surface area (TPSA) is 82.5 Å². The van der Waals surface area contributed by atoms with Crippen LogP contribution in [0.1, 0.15) is 12.5 Å². The molecule has 0 radical (unpaired) electrons. The Labute approximate surface area is 177 Å². The van der Waals surface area contributed by atoms with Crippen molar-refractivity contribution in [2.75, 3.05) is 39.1 Å². The van der Waals surface area contributed by atoms with E-state index in [0.717, 1.165) is 18.5 Å². The SMILES string of the molecule is CCN(C)CCOc1ccc(NC)c(C(=N)S(=O)(=O)c2cccc3ccccc23)c1. The molecule has 7 heteroatoms. The molecule has 3 rings (SSSR count). The molecule has 0 amide bonds. The van der Waals surface area contributed by atoms with E-state index < -0.39 is 14.9 Å². The molecular weight excluding hydrogens is 398 g/mol. The van der Waals surface area contributed by atoms with Crippen LogP contribution in [0, 0.1) is 5.41 Å². The van der Waals surface area contributed by atoms with Crippen molar-refractivity contribution in [2.45, 2.75) is 11.8 Å². The quantitative estimate of drug-likeness (QED) is 0.421. The van der Waals surface area contributed by atoms with Crippen molar-refractivity contribution in [3.63, 3.8) is 0 Å². The smallest absolute Gasteiger partial charge is 0.224 e. The lowest BCUT2D eigenvalue weighted by molar-refractivity contribution is 0.244. The Balaban J connectivity index is 1.97. The van der Waals surface area contributed by atoms with Gasteiger partial charge in [-0.2, -0.15) is 0 Å². The second kappa shape index (κ2) is 9.28. The highest BCUT2D eigenvalue weighted by atomic mass is 32.2. The highest BCUT2D eigenvalue weighted by Gasteiger charge is 2.26. The van der Waals surface area contributed by atoms with E-state index in [4.69, 9.17) is 10.1 Å². The van der Waals surface area contributed by atoms with Gasteiger partial charge in [0.1, 0.15) is 12.4 Å². The first-order chi connectivity index (χ1) is 14.4. The zero-order valence-electron chi connectivity index (χ0n) is 17.5. The molecule has 3 aromatic carbocycles. The van der Waals surface area contributed by atoms with Crippen LogP contribution in [-0.2, 0) is 9.84 Å². The van der Waals surface area contributed by atoms with E-state index in [-0.39, 0.29) is 10.5 Å². The van der Waals surface area contributed by atoms with Crippen LogP contribution in [0.5, 0.6) is 5.75 Å². The monoisotopic (exact) mass is 425 g/mol. The molecule has 3 aromatic rings. The number of nitrogens with one attached hydrogen (secondary N) is 2. The maximum absolute atomic E-state index is 13.4. The number of hydrogen-bond acceptors (Lipinski definition) is 6. The second-order valence-corrected chi connectivity index (χ2v) is 8.87. The third kappa shape index (κ3) is 4.47. The maximum atomic E-state index is 13.4. The van der Waals surface area contributed by atoms with Crippen LogP contribution >= 0.6 is 0 Å². The zero-order valence-corrected chi connectivity index (χ0v) is 18.3. The van der Waals surface area contributed by atoms with Crippen molar-refractivity contribution in [3.8, 4) is 5.75 Å². The van der Waals surface area contributed by atoms with Gasteiger partial charge < -0.3 is 15.0 Å². The Morgan fingerprint density at radius 2 is 1.83 bits per heavy atom. The summed E-state index contributed by atoms with van der Waals surface area (Å²) in [6, 6.07) is 17.5. The van der Waals surface area contributed by atoms with Crippen LogP contribution < -0.4 is 10.1 Å². The number of ether oxygens (including phenoxy) is 1. The second-order valence-electron chi connectivity index (χ2n) is 7.01. The third-order valence-electron chi connectivity index (χ3n) is 5.09. The largest absolute Gasteiger partial charge is 0.492 e. The summed E-state index contributed by atoms with van der Waals surface area (Å²) in [6.45, 7) is 4.22. The summed E-state index contributed by atoms with van der Waals surface area (Å²) >= 11 is 0. The van der Waals surface area contributed by atoms with Crippen LogP contribution in [0.15, 0.2) is 65.6 Å². The van der Waals surface area contributed by atoms with E-state index in [2.05, 4.69) is 17.1 Å². The predicted molar refractivity (Wildman–Crippen MR) is 123 cm³/mol. The van der Waals surface area contributed by atoms with Gasteiger partial charge in [0.05, 0.1) is 4.90 Å². The molecule has 0 aliphatic rings. The number of anilines is 1. The van der Waals surface area contributed by atoms with Gasteiger partial charge in [-0.05, 0) is 43.2 Å². The lowest BCUT2D eigenvalue weighted by Crippen LogP contribution is -2.23. The minimum absolute atomic E-state index is 0.128. The molecule has 0 fully saturated rings. The molecule has 0 bridgehead atoms. The van der Waals surface area contributed by atoms with Gasteiger partial charge in [0, 0.05) is 30.2 Å². The van der Waals surface area contributed by atoms with Gasteiger partial charge in [0.2, 0.25) is 9.84 Å². The summed E-state index contributed by atoms with van der Waals surface area (Å²) in [5.41, 5.74) is 0.841. The zero-order chi connectivity index (χ0) is 21.7. The van der Waals surface area contributed by atoms with Crippen molar-refractivity contribution < 1.29 is 13.2 Å². The fourth-order valence-electron chi connectivity index (χ4n) is 3.18. The van der Waals surface area contributed by atoms with Crippen LogP contribution in [-0.4, -0.2) is 52.2 Å². The van der Waals surface area contributed by atoms with Gasteiger partial charge >= 0.3 is 0 Å². The molecule has 0 aliphatic carbocycles. The van der Waals surface area contributed by atoms with E-state index in [1.54, 1.807) is 49.5 Å². The molecule has 0 atom stereocenters. The first-order valence-electron chi connectivity index (χ1n) is 9.83. The van der Waals surface area contributed by atoms with Gasteiger partial charge in [-0.1, -0.05) is 43.3 Å². The molecule has 2 N–H and O–H groups in total. The Morgan fingerprint density at radius 1 is 1.10 bits per heavy atom. The van der Waals surface area contributed by atoms with Crippen molar-refractivity contribution in [1.29, 1.82) is 5.41 Å². The minimum Gasteiger partial charge on any atom is -0.492 e. The first kappa shape index (κ1) is 21.8. The van der Waals surface area contributed by atoms with Gasteiger partial charge in [-0.15, -0.1) is 0 Å². The lowest BCUT2D eigenvalue weighted by atomic mass is 10.1. The molecule has 0 aliphatic heterocycles. The van der Waals surface area contributed by atoms with Crippen LogP contribution in [0.3, 0.4) is 0 Å². The number of benzene rings is 3. The standard InChI is InChI=1S/C23H27N3O3S/c1-4-26(3)14-15-29-18-12-13-21(25-2)20(16-18)23(24)30(27,28)22-11-7-9-17-8-5-6-10-19(17)22/h5-13,16,24-25H,4,14-15H2,1-3H3. The predicted octanol–water partition coefficient (Wildman–Crippen LogP) is 4.01. The third-order valence-corrected chi connectivity index (χ3v) is 6.79. The highest BCUT2D eigenvalue weighted by Crippen LogP contribution is 2.29. The fraction of sp³-hybridized carbons (Fsp3) is 0.261. The molecule has 30 heavy (non-hydrogen) atoms. The molecule has 158 valence electrons. The van der Waals surface area contributed by atoms with Gasteiger partial charge in [0.25, 0.3) is 0 Å². The van der Waals surface area contributed by atoms with Crippen LogP contribution in [0.25, 0.3) is 10.8 Å². The van der Waals surface area contributed by atoms with E-state index in [1.807, 2.05) is 25.2 Å². The van der Waals surface area contributed by atoms with E-state index in [0.29, 0.717) is 23.4 Å². The summed E-state index contributed by atoms with van der Waals surface area (Å²) < 4.78 is 32.5. The number of rotatable bonds is 8. The Morgan fingerprint density at radius 3 is 2.57 bits per heavy atom. The Bertz CT molecular complexity index is 1150. The highest BCUT2D eigenvalue weighted by molar-refractivity contribution is 8.07. The van der Waals surface area contributed by atoms with E-state index in [9.17, 15) is 8.42 Å². The fourth-order valence-corrected chi connectivity index (χ4v) is 4.59. The normalized spacial score (nSPS) is 11.6. The van der Waals surface area contributed by atoms with Crippen molar-refractivity contribution >= 4 is 31.3 Å². The molecular formula is C23H27N3O3S. The first-order valence-corrected chi connectivity index (χ1v) is 11.3. The Hall–Kier alpha value is -2.90. The van der Waals surface area contributed by atoms with Gasteiger partial charge in [-0.25, -0.2) is 8.42 Å². The summed E-state index contributed by atoms with van der Waals surface area (Å²) in [5.74, 6) is 0.534. The average molecular weight is 426 g/mol. The van der Waals surface area contributed by atoms with Crippen LogP contribution in [0.4, 0.5) is 5.69 Å². The molecule has 0 saturated carbocycles. The van der Waals surface area contributed by atoms with Gasteiger partial charge in [0.15, 0.2) is 5.04 Å². The van der Waals surface area contributed by atoms with Crippen molar-refractivity contribution in [3.05, 3.63) is 66.2 Å². The molecule has 0 unspecified atom stereocenters. The van der Waals surface area contributed by atoms with Crippen LogP contribution in [0.2, 0.25) is 0 Å². The summed E-state index contributed by atoms with van der Waals surface area (Å²) in [4.78, 5) is 2.25. The number of hydrogen-bond donors (Lipinski definition) is 2. The number of likely N-dealkylation sites (N-methyl/N-ethyl adjacent to an activating group) is 1. The summed E-state index contributed by atoms with van der Waals surface area (Å²) in [5, 5.41) is 12.5. The molecule has 0 saturated heterocycles.